The van der Waals surface area contributed by atoms with E-state index in [-0.39, 0.29) is 24.0 Å². The van der Waals surface area contributed by atoms with Crippen LogP contribution in [0.5, 0.6) is 0 Å². The maximum Gasteiger partial charge on any atom is 0.407 e. The van der Waals surface area contributed by atoms with Crippen LogP contribution in [0.15, 0.2) is 0 Å². The van der Waals surface area contributed by atoms with Crippen LogP contribution >= 0.6 is 0 Å². The van der Waals surface area contributed by atoms with E-state index in [2.05, 4.69) is 10.2 Å². The van der Waals surface area contributed by atoms with E-state index in [1.807, 2.05) is 27.7 Å². The van der Waals surface area contributed by atoms with Gasteiger partial charge in [-0.25, -0.2) is 4.79 Å². The van der Waals surface area contributed by atoms with Crippen molar-refractivity contribution in [3.63, 3.8) is 0 Å². The molecule has 1 amide bonds. The summed E-state index contributed by atoms with van der Waals surface area (Å²) >= 11 is 0. The molecule has 1 fully saturated rings. The van der Waals surface area contributed by atoms with Crippen LogP contribution < -0.4 is 5.32 Å². The zero-order valence-electron chi connectivity index (χ0n) is 13.1. The van der Waals surface area contributed by atoms with E-state index in [0.717, 1.165) is 19.5 Å². The van der Waals surface area contributed by atoms with E-state index in [1.54, 1.807) is 0 Å². The smallest absolute Gasteiger partial charge is 0.407 e. The molecule has 6 nitrogen and oxygen atoms in total. The standard InChI is InChI=1S/C14H26N2O4/c1-10(12(17)19-5)8-16-7-6-11(9-16)15-13(18)20-14(2,3)4/h10-11H,6-9H2,1-5H3,(H,15,18)/t10-,11+/m1/s1. The number of esters is 1. The first-order chi connectivity index (χ1) is 9.21. The van der Waals surface area contributed by atoms with Crippen molar-refractivity contribution in [2.24, 2.45) is 5.92 Å². The Morgan fingerprint density at radius 1 is 1.40 bits per heavy atom. The van der Waals surface area contributed by atoms with Crippen molar-refractivity contribution in [1.29, 1.82) is 0 Å². The van der Waals surface area contributed by atoms with Crippen molar-refractivity contribution in [2.45, 2.75) is 45.8 Å². The first-order valence-electron chi connectivity index (χ1n) is 7.01. The molecular formula is C14H26N2O4. The molecule has 0 spiro atoms. The van der Waals surface area contributed by atoms with E-state index in [9.17, 15) is 9.59 Å². The summed E-state index contributed by atoms with van der Waals surface area (Å²) in [6.07, 6.45) is 0.484. The van der Waals surface area contributed by atoms with E-state index in [4.69, 9.17) is 9.47 Å². The highest BCUT2D eigenvalue weighted by atomic mass is 16.6. The molecular weight excluding hydrogens is 260 g/mol. The van der Waals surface area contributed by atoms with E-state index < -0.39 is 5.60 Å². The van der Waals surface area contributed by atoms with Gasteiger partial charge >= 0.3 is 12.1 Å². The second-order valence-corrected chi connectivity index (χ2v) is 6.32. The lowest BCUT2D eigenvalue weighted by atomic mass is 10.2. The van der Waals surface area contributed by atoms with Crippen LogP contribution in [0.2, 0.25) is 0 Å². The molecule has 1 saturated heterocycles. The van der Waals surface area contributed by atoms with Crippen molar-refractivity contribution in [3.8, 4) is 0 Å². The summed E-state index contributed by atoms with van der Waals surface area (Å²) in [5.41, 5.74) is -0.484. The first-order valence-corrected chi connectivity index (χ1v) is 7.01. The van der Waals surface area contributed by atoms with Gasteiger partial charge in [-0.2, -0.15) is 0 Å². The zero-order valence-corrected chi connectivity index (χ0v) is 13.1. The topological polar surface area (TPSA) is 67.9 Å². The summed E-state index contributed by atoms with van der Waals surface area (Å²) in [4.78, 5) is 25.2. The number of hydrogen-bond acceptors (Lipinski definition) is 5. The fraction of sp³-hybridized carbons (Fsp3) is 0.857. The Morgan fingerprint density at radius 3 is 2.60 bits per heavy atom. The summed E-state index contributed by atoms with van der Waals surface area (Å²) < 4.78 is 9.94. The number of alkyl carbamates (subject to hydrolysis) is 1. The number of carbonyl (C=O) groups is 2. The summed E-state index contributed by atoms with van der Waals surface area (Å²) in [5.74, 6) is -0.353. The van der Waals surface area contributed by atoms with Crippen LogP contribution in [0.25, 0.3) is 0 Å². The predicted octanol–water partition coefficient (Wildman–Crippen LogP) is 1.39. The second-order valence-electron chi connectivity index (χ2n) is 6.32. The molecule has 1 heterocycles. The van der Waals surface area contributed by atoms with Gasteiger partial charge in [-0.15, -0.1) is 0 Å². The molecule has 1 N–H and O–H groups in total. The van der Waals surface area contributed by atoms with Crippen LogP contribution in [0, 0.1) is 5.92 Å². The molecule has 1 aliphatic rings. The third-order valence-electron chi connectivity index (χ3n) is 3.13. The number of ether oxygens (including phenoxy) is 2. The van der Waals surface area contributed by atoms with Gasteiger partial charge in [0.2, 0.25) is 0 Å². The third-order valence-corrected chi connectivity index (χ3v) is 3.13. The quantitative estimate of drug-likeness (QED) is 0.791. The molecule has 2 atom stereocenters. The Balaban J connectivity index is 2.33. The van der Waals surface area contributed by atoms with Gasteiger partial charge in [0.05, 0.1) is 13.0 Å². The minimum Gasteiger partial charge on any atom is -0.469 e. The molecule has 20 heavy (non-hydrogen) atoms. The van der Waals surface area contributed by atoms with Crippen molar-refractivity contribution < 1.29 is 19.1 Å². The monoisotopic (exact) mass is 286 g/mol. The largest absolute Gasteiger partial charge is 0.469 e. The van der Waals surface area contributed by atoms with Gasteiger partial charge in [0, 0.05) is 25.7 Å². The maximum absolute atomic E-state index is 11.7. The Bertz CT molecular complexity index is 352. The van der Waals surface area contributed by atoms with Crippen LogP contribution in [0.1, 0.15) is 34.1 Å². The van der Waals surface area contributed by atoms with Gasteiger partial charge in [0.1, 0.15) is 5.60 Å². The minimum absolute atomic E-state index is 0.0784. The summed E-state index contributed by atoms with van der Waals surface area (Å²) in [6, 6.07) is 0.0784. The Labute approximate surface area is 120 Å². The molecule has 0 aromatic carbocycles. The van der Waals surface area contributed by atoms with Crippen LogP contribution in [-0.2, 0) is 14.3 Å². The average Bonchev–Trinajstić information content (AvgIpc) is 2.72. The highest BCUT2D eigenvalue weighted by Gasteiger charge is 2.28. The normalized spacial score (nSPS) is 21.4. The molecule has 0 radical (unpaired) electrons. The number of carbonyl (C=O) groups excluding carboxylic acids is 2. The fourth-order valence-electron chi connectivity index (χ4n) is 2.25. The highest BCUT2D eigenvalue weighted by molar-refractivity contribution is 5.72. The molecule has 0 aromatic rings. The molecule has 1 rings (SSSR count). The number of nitrogens with zero attached hydrogens (tertiary/aromatic N) is 1. The van der Waals surface area contributed by atoms with Gasteiger partial charge in [0.15, 0.2) is 0 Å². The number of likely N-dealkylation sites (tertiary alicyclic amines) is 1. The number of nitrogens with one attached hydrogen (secondary N) is 1. The SMILES string of the molecule is COC(=O)[C@H](C)CN1CC[C@H](NC(=O)OC(C)(C)C)C1. The zero-order chi connectivity index (χ0) is 15.3. The average molecular weight is 286 g/mol. The lowest BCUT2D eigenvalue weighted by molar-refractivity contribution is -0.145. The lowest BCUT2D eigenvalue weighted by Gasteiger charge is -2.22. The van der Waals surface area contributed by atoms with E-state index in [0.29, 0.717) is 6.54 Å². The summed E-state index contributed by atoms with van der Waals surface area (Å²) in [6.45, 7) is 9.62. The predicted molar refractivity (Wildman–Crippen MR) is 75.4 cm³/mol. The maximum atomic E-state index is 11.7. The Kier molecular flexibility index (Phi) is 5.80. The van der Waals surface area contributed by atoms with Crippen molar-refractivity contribution in [2.75, 3.05) is 26.7 Å². The molecule has 0 saturated carbocycles. The third kappa shape index (κ3) is 5.77. The number of amides is 1. The van der Waals surface area contributed by atoms with Crippen molar-refractivity contribution >= 4 is 12.1 Å². The van der Waals surface area contributed by atoms with Crippen LogP contribution in [0.3, 0.4) is 0 Å². The lowest BCUT2D eigenvalue weighted by Crippen LogP contribution is -2.41. The number of hydrogen-bond donors (Lipinski definition) is 1. The van der Waals surface area contributed by atoms with Gasteiger partial charge < -0.3 is 19.7 Å². The summed E-state index contributed by atoms with van der Waals surface area (Å²) in [7, 11) is 1.40. The first kappa shape index (κ1) is 16.8. The number of rotatable bonds is 4. The van der Waals surface area contributed by atoms with Gasteiger partial charge in [0.25, 0.3) is 0 Å². The second kappa shape index (κ2) is 6.92. The van der Waals surface area contributed by atoms with Crippen LogP contribution in [-0.4, -0.2) is 55.3 Å². The molecule has 0 aliphatic carbocycles. The minimum atomic E-state index is -0.484. The molecule has 0 aromatic heterocycles. The molecule has 0 bridgehead atoms. The number of methoxy groups -OCH3 is 1. The van der Waals surface area contributed by atoms with Crippen molar-refractivity contribution in [1.82, 2.24) is 10.2 Å². The molecule has 6 heteroatoms. The van der Waals surface area contributed by atoms with Gasteiger partial charge in [-0.05, 0) is 27.2 Å². The molecule has 1 aliphatic heterocycles. The van der Waals surface area contributed by atoms with E-state index in [1.165, 1.54) is 7.11 Å². The Hall–Kier alpha value is -1.30. The highest BCUT2D eigenvalue weighted by Crippen LogP contribution is 2.13. The van der Waals surface area contributed by atoms with Gasteiger partial charge in [-0.1, -0.05) is 6.92 Å². The fourth-order valence-corrected chi connectivity index (χ4v) is 2.25. The summed E-state index contributed by atoms with van der Waals surface area (Å²) in [5, 5.41) is 2.86. The Morgan fingerprint density at radius 2 is 2.05 bits per heavy atom. The molecule has 116 valence electrons. The molecule has 0 unspecified atom stereocenters. The van der Waals surface area contributed by atoms with Crippen LogP contribution in [0.4, 0.5) is 4.79 Å². The van der Waals surface area contributed by atoms with E-state index >= 15 is 0 Å². The van der Waals surface area contributed by atoms with Crippen molar-refractivity contribution in [3.05, 3.63) is 0 Å². The van der Waals surface area contributed by atoms with Gasteiger partial charge in [-0.3, -0.25) is 4.79 Å².